The van der Waals surface area contributed by atoms with Gasteiger partial charge in [0.05, 0.1) is 15.6 Å². The van der Waals surface area contributed by atoms with E-state index in [1.165, 1.54) is 6.07 Å². The summed E-state index contributed by atoms with van der Waals surface area (Å²) < 4.78 is 26.3. The molecule has 0 aliphatic heterocycles. The minimum absolute atomic E-state index is 0.0525. The second-order valence-corrected chi connectivity index (χ2v) is 4.28. The number of carbonyl (C=O) groups is 1. The number of carboxylic acid groups (broad SMARTS) is 1. The summed E-state index contributed by atoms with van der Waals surface area (Å²) in [4.78, 5) is 20.8. The van der Waals surface area contributed by atoms with Crippen LogP contribution in [0.4, 0.5) is 14.5 Å². The standard InChI is InChI=1S/C11H6ClF2N3O4/c12-7-3-5(17(20)21)1-2-8(7)16-4-6(11(18)19)9(15-16)10(13)14/h1-4,10H,(H,18,19). The Morgan fingerprint density at radius 3 is 2.57 bits per heavy atom. The summed E-state index contributed by atoms with van der Waals surface area (Å²) in [6.07, 6.45) is -2.20. The van der Waals surface area contributed by atoms with Crippen molar-refractivity contribution in [2.75, 3.05) is 0 Å². The molecule has 0 saturated heterocycles. The molecule has 2 rings (SSSR count). The highest BCUT2D eigenvalue weighted by atomic mass is 35.5. The van der Waals surface area contributed by atoms with E-state index in [1.54, 1.807) is 0 Å². The van der Waals surface area contributed by atoms with E-state index in [0.29, 0.717) is 0 Å². The van der Waals surface area contributed by atoms with Crippen LogP contribution in [-0.4, -0.2) is 25.8 Å². The average Bonchev–Trinajstić information content (AvgIpc) is 2.83. The van der Waals surface area contributed by atoms with E-state index in [1.807, 2.05) is 0 Å². The van der Waals surface area contributed by atoms with E-state index in [9.17, 15) is 23.7 Å². The second-order valence-electron chi connectivity index (χ2n) is 3.87. The number of carboxylic acids is 1. The Hall–Kier alpha value is -2.55. The van der Waals surface area contributed by atoms with Gasteiger partial charge in [0.1, 0.15) is 11.3 Å². The SMILES string of the molecule is O=C(O)c1cn(-c2ccc([N+](=O)[O-])cc2Cl)nc1C(F)F. The van der Waals surface area contributed by atoms with Gasteiger partial charge in [-0.05, 0) is 6.07 Å². The molecule has 0 unspecified atom stereocenters. The summed E-state index contributed by atoms with van der Waals surface area (Å²) in [6, 6.07) is 3.31. The number of alkyl halides is 2. The third kappa shape index (κ3) is 2.82. The van der Waals surface area contributed by atoms with Gasteiger partial charge in [0.25, 0.3) is 12.1 Å². The maximum Gasteiger partial charge on any atom is 0.339 e. The molecule has 110 valence electrons. The molecule has 1 aromatic carbocycles. The van der Waals surface area contributed by atoms with Gasteiger partial charge in [-0.3, -0.25) is 10.1 Å². The van der Waals surface area contributed by atoms with Crippen molar-refractivity contribution in [3.8, 4) is 5.69 Å². The van der Waals surface area contributed by atoms with Gasteiger partial charge in [-0.1, -0.05) is 11.6 Å². The summed E-state index contributed by atoms with van der Waals surface area (Å²) in [5.41, 5.74) is -1.81. The van der Waals surface area contributed by atoms with Crippen LogP contribution in [0.3, 0.4) is 0 Å². The fourth-order valence-electron chi connectivity index (χ4n) is 1.63. The van der Waals surface area contributed by atoms with Gasteiger partial charge in [0.15, 0.2) is 0 Å². The third-order valence-corrected chi connectivity index (χ3v) is 2.87. The summed E-state index contributed by atoms with van der Waals surface area (Å²) >= 11 is 5.83. The van der Waals surface area contributed by atoms with Crippen LogP contribution in [0, 0.1) is 10.1 Å². The topological polar surface area (TPSA) is 98.3 Å². The molecular weight excluding hydrogens is 312 g/mol. The molecule has 0 bridgehead atoms. The third-order valence-electron chi connectivity index (χ3n) is 2.57. The lowest BCUT2D eigenvalue weighted by Gasteiger charge is -2.03. The smallest absolute Gasteiger partial charge is 0.339 e. The predicted octanol–water partition coefficient (Wildman–Crippen LogP) is 3.07. The first kappa shape index (κ1) is 14.9. The molecule has 0 amide bonds. The Morgan fingerprint density at radius 1 is 1.48 bits per heavy atom. The van der Waals surface area contributed by atoms with Crippen LogP contribution in [-0.2, 0) is 0 Å². The molecule has 10 heteroatoms. The fraction of sp³-hybridized carbons (Fsp3) is 0.0909. The highest BCUT2D eigenvalue weighted by molar-refractivity contribution is 6.32. The van der Waals surface area contributed by atoms with Crippen LogP contribution in [0.1, 0.15) is 22.5 Å². The number of hydrogen-bond acceptors (Lipinski definition) is 4. The van der Waals surface area contributed by atoms with E-state index >= 15 is 0 Å². The number of nitrogens with zero attached hydrogens (tertiary/aromatic N) is 3. The Kier molecular flexibility index (Phi) is 3.85. The number of nitro groups is 1. The number of aromatic carboxylic acids is 1. The van der Waals surface area contributed by atoms with Gasteiger partial charge in [-0.25, -0.2) is 18.3 Å². The first-order chi connectivity index (χ1) is 9.81. The largest absolute Gasteiger partial charge is 0.478 e. The first-order valence-electron chi connectivity index (χ1n) is 5.36. The molecule has 21 heavy (non-hydrogen) atoms. The van der Waals surface area contributed by atoms with Crippen molar-refractivity contribution in [1.82, 2.24) is 9.78 Å². The predicted molar refractivity (Wildman–Crippen MR) is 67.1 cm³/mol. The van der Waals surface area contributed by atoms with Gasteiger partial charge < -0.3 is 5.11 Å². The Morgan fingerprint density at radius 2 is 2.14 bits per heavy atom. The molecule has 0 spiro atoms. The zero-order chi connectivity index (χ0) is 15.7. The minimum atomic E-state index is -3.07. The van der Waals surface area contributed by atoms with Crippen LogP contribution in [0.2, 0.25) is 5.02 Å². The first-order valence-corrected chi connectivity index (χ1v) is 5.74. The van der Waals surface area contributed by atoms with E-state index in [-0.39, 0.29) is 16.4 Å². The van der Waals surface area contributed by atoms with Crippen molar-refractivity contribution in [3.05, 3.63) is 50.8 Å². The van der Waals surface area contributed by atoms with Crippen molar-refractivity contribution < 1.29 is 23.6 Å². The molecule has 0 saturated carbocycles. The molecule has 0 radical (unpaired) electrons. The van der Waals surface area contributed by atoms with Crippen LogP contribution in [0.5, 0.6) is 0 Å². The number of aromatic nitrogens is 2. The van der Waals surface area contributed by atoms with Crippen molar-refractivity contribution in [1.29, 1.82) is 0 Å². The van der Waals surface area contributed by atoms with Gasteiger partial charge in [-0.15, -0.1) is 0 Å². The highest BCUT2D eigenvalue weighted by Crippen LogP contribution is 2.28. The molecule has 0 aliphatic rings. The molecule has 0 atom stereocenters. The van der Waals surface area contributed by atoms with E-state index in [4.69, 9.17) is 16.7 Å². The van der Waals surface area contributed by atoms with Crippen molar-refractivity contribution in [2.24, 2.45) is 0 Å². The molecule has 7 nitrogen and oxygen atoms in total. The quantitative estimate of drug-likeness (QED) is 0.690. The molecule has 0 fully saturated rings. The van der Waals surface area contributed by atoms with Gasteiger partial charge in [0.2, 0.25) is 0 Å². The normalized spacial score (nSPS) is 10.9. The average molecular weight is 318 g/mol. The van der Waals surface area contributed by atoms with E-state index < -0.39 is 28.6 Å². The number of nitro benzene ring substituents is 1. The monoisotopic (exact) mass is 317 g/mol. The van der Waals surface area contributed by atoms with Crippen molar-refractivity contribution in [3.63, 3.8) is 0 Å². The lowest BCUT2D eigenvalue weighted by atomic mass is 10.2. The molecule has 1 N–H and O–H groups in total. The van der Waals surface area contributed by atoms with Crippen LogP contribution < -0.4 is 0 Å². The zero-order valence-electron chi connectivity index (χ0n) is 10.0. The Bertz CT molecular complexity index is 732. The maximum absolute atomic E-state index is 12.7. The van der Waals surface area contributed by atoms with Crippen molar-refractivity contribution in [2.45, 2.75) is 6.43 Å². The number of benzene rings is 1. The lowest BCUT2D eigenvalue weighted by molar-refractivity contribution is -0.384. The number of halogens is 3. The summed E-state index contributed by atoms with van der Waals surface area (Å²) in [5.74, 6) is -1.56. The van der Waals surface area contributed by atoms with E-state index in [2.05, 4.69) is 5.10 Å². The Labute approximate surface area is 120 Å². The van der Waals surface area contributed by atoms with Crippen LogP contribution in [0.25, 0.3) is 5.69 Å². The molecule has 1 heterocycles. The molecular formula is C11H6ClF2N3O4. The zero-order valence-corrected chi connectivity index (χ0v) is 10.8. The maximum atomic E-state index is 12.7. The Balaban J connectivity index is 2.55. The molecule has 0 aliphatic carbocycles. The van der Waals surface area contributed by atoms with Gasteiger partial charge >= 0.3 is 5.97 Å². The van der Waals surface area contributed by atoms with Crippen molar-refractivity contribution >= 4 is 23.3 Å². The number of non-ortho nitro benzene ring substituents is 1. The number of hydrogen-bond donors (Lipinski definition) is 1. The van der Waals surface area contributed by atoms with E-state index in [0.717, 1.165) is 23.0 Å². The summed E-state index contributed by atoms with van der Waals surface area (Å²) in [6.45, 7) is 0. The molecule has 1 aromatic heterocycles. The lowest BCUT2D eigenvalue weighted by Crippen LogP contribution is -2.00. The van der Waals surface area contributed by atoms with Gasteiger partial charge in [-0.2, -0.15) is 5.10 Å². The fourth-order valence-corrected chi connectivity index (χ4v) is 1.89. The number of rotatable bonds is 4. The van der Waals surface area contributed by atoms with Crippen LogP contribution >= 0.6 is 11.6 Å². The highest BCUT2D eigenvalue weighted by Gasteiger charge is 2.24. The van der Waals surface area contributed by atoms with Crippen LogP contribution in [0.15, 0.2) is 24.4 Å². The minimum Gasteiger partial charge on any atom is -0.478 e. The second kappa shape index (κ2) is 5.44. The van der Waals surface area contributed by atoms with Gasteiger partial charge in [0, 0.05) is 18.3 Å². The molecule has 2 aromatic rings. The summed E-state index contributed by atoms with van der Waals surface area (Å²) in [7, 11) is 0. The summed E-state index contributed by atoms with van der Waals surface area (Å²) in [5, 5.41) is 22.8.